The minimum absolute atomic E-state index is 0.0307. The van der Waals surface area contributed by atoms with E-state index in [0.29, 0.717) is 5.56 Å². The van der Waals surface area contributed by atoms with Crippen LogP contribution in [0.2, 0.25) is 0 Å². The Morgan fingerprint density at radius 1 is 1.08 bits per heavy atom. The van der Waals surface area contributed by atoms with Gasteiger partial charge in [0, 0.05) is 11.3 Å². The lowest BCUT2D eigenvalue weighted by atomic mass is 9.87. The van der Waals surface area contributed by atoms with E-state index in [0.717, 1.165) is 17.0 Å². The zero-order valence-electron chi connectivity index (χ0n) is 14.8. The van der Waals surface area contributed by atoms with Gasteiger partial charge in [0.05, 0.1) is 5.69 Å². The summed E-state index contributed by atoms with van der Waals surface area (Å²) in [6.07, 6.45) is 0. The molecule has 0 bridgehead atoms. The molecule has 0 unspecified atom stereocenters. The number of carbonyl (C=O) groups excluding carboxylic acids is 2. The summed E-state index contributed by atoms with van der Waals surface area (Å²) >= 11 is 0. The molecule has 0 aliphatic carbocycles. The molecule has 0 saturated carbocycles. The van der Waals surface area contributed by atoms with E-state index in [2.05, 4.69) is 36.7 Å². The van der Waals surface area contributed by atoms with Gasteiger partial charge in [0.25, 0.3) is 11.8 Å². The lowest BCUT2D eigenvalue weighted by Crippen LogP contribution is -2.43. The molecule has 0 spiro atoms. The van der Waals surface area contributed by atoms with Crippen molar-refractivity contribution in [1.29, 1.82) is 0 Å². The highest BCUT2D eigenvalue weighted by Crippen LogP contribution is 2.22. The maximum Gasteiger partial charge on any atom is 0.269 e. The summed E-state index contributed by atoms with van der Waals surface area (Å²) in [5.41, 5.74) is 8.25. The first kappa shape index (κ1) is 17.7. The molecule has 6 heteroatoms. The molecular formula is C18H24N4O2. The number of hydrogen-bond donors (Lipinski definition) is 2. The van der Waals surface area contributed by atoms with Crippen molar-refractivity contribution in [2.24, 2.45) is 0 Å². The van der Waals surface area contributed by atoms with Crippen molar-refractivity contribution in [1.82, 2.24) is 20.6 Å². The number of hydrazine groups is 1. The number of nitrogens with one attached hydrogen (secondary N) is 2. The van der Waals surface area contributed by atoms with E-state index in [4.69, 9.17) is 0 Å². The van der Waals surface area contributed by atoms with Gasteiger partial charge in [0.1, 0.15) is 6.54 Å². The van der Waals surface area contributed by atoms with Crippen LogP contribution in [-0.2, 0) is 16.8 Å². The minimum atomic E-state index is -0.350. The van der Waals surface area contributed by atoms with E-state index < -0.39 is 0 Å². The van der Waals surface area contributed by atoms with E-state index in [1.165, 1.54) is 0 Å². The highest BCUT2D eigenvalue weighted by atomic mass is 16.2. The van der Waals surface area contributed by atoms with Crippen molar-refractivity contribution in [3.8, 4) is 0 Å². The second-order valence-electron chi connectivity index (χ2n) is 6.91. The molecule has 1 aromatic carbocycles. The summed E-state index contributed by atoms with van der Waals surface area (Å²) in [4.78, 5) is 24.0. The minimum Gasteiger partial charge on any atom is -0.271 e. The first-order chi connectivity index (χ1) is 11.2. The van der Waals surface area contributed by atoms with Crippen LogP contribution in [0.3, 0.4) is 0 Å². The number of nitrogens with zero attached hydrogens (tertiary/aromatic N) is 2. The van der Waals surface area contributed by atoms with Crippen molar-refractivity contribution in [3.05, 3.63) is 52.8 Å². The standard InChI is InChI=1S/C18H24N4O2/c1-12-10-13(2)22(21-12)11-16(23)19-20-17(24)14-6-8-15(9-7-14)18(3,4)5/h6-10H,11H2,1-5H3,(H,19,23)(H,20,24). The summed E-state index contributed by atoms with van der Waals surface area (Å²) in [7, 11) is 0. The van der Waals surface area contributed by atoms with Crippen LogP contribution in [0.1, 0.15) is 48.1 Å². The van der Waals surface area contributed by atoms with Crippen LogP contribution < -0.4 is 10.9 Å². The van der Waals surface area contributed by atoms with Gasteiger partial charge in [0.2, 0.25) is 0 Å². The Morgan fingerprint density at radius 2 is 1.71 bits per heavy atom. The van der Waals surface area contributed by atoms with E-state index in [1.54, 1.807) is 16.8 Å². The third-order valence-electron chi connectivity index (χ3n) is 3.73. The highest BCUT2D eigenvalue weighted by molar-refractivity contribution is 5.95. The van der Waals surface area contributed by atoms with Crippen LogP contribution in [0.15, 0.2) is 30.3 Å². The quantitative estimate of drug-likeness (QED) is 0.849. The number of aromatic nitrogens is 2. The fourth-order valence-electron chi connectivity index (χ4n) is 2.33. The Hall–Kier alpha value is -2.63. The smallest absolute Gasteiger partial charge is 0.269 e. The van der Waals surface area contributed by atoms with Gasteiger partial charge < -0.3 is 0 Å². The topological polar surface area (TPSA) is 76.0 Å². The van der Waals surface area contributed by atoms with Crippen molar-refractivity contribution in [3.63, 3.8) is 0 Å². The zero-order valence-corrected chi connectivity index (χ0v) is 14.8. The van der Waals surface area contributed by atoms with Gasteiger partial charge in [-0.15, -0.1) is 0 Å². The summed E-state index contributed by atoms with van der Waals surface area (Å²) in [6.45, 7) is 10.1. The number of amides is 2. The Labute approximate surface area is 142 Å². The van der Waals surface area contributed by atoms with Crippen LogP contribution in [0, 0.1) is 13.8 Å². The summed E-state index contributed by atoms with van der Waals surface area (Å²) in [6, 6.07) is 9.24. The number of carbonyl (C=O) groups is 2. The second-order valence-corrected chi connectivity index (χ2v) is 6.91. The molecule has 128 valence electrons. The lowest BCUT2D eigenvalue weighted by molar-refractivity contribution is -0.122. The molecule has 6 nitrogen and oxygen atoms in total. The van der Waals surface area contributed by atoms with Crippen LogP contribution in [-0.4, -0.2) is 21.6 Å². The van der Waals surface area contributed by atoms with E-state index >= 15 is 0 Å². The fourth-order valence-corrected chi connectivity index (χ4v) is 2.33. The predicted molar refractivity (Wildman–Crippen MR) is 92.5 cm³/mol. The Morgan fingerprint density at radius 3 is 2.21 bits per heavy atom. The third-order valence-corrected chi connectivity index (χ3v) is 3.73. The average Bonchev–Trinajstić information content (AvgIpc) is 2.81. The third kappa shape index (κ3) is 4.44. The summed E-state index contributed by atoms with van der Waals surface area (Å²) in [5.74, 6) is -0.682. The molecule has 2 rings (SSSR count). The maximum atomic E-state index is 12.1. The normalized spacial score (nSPS) is 11.2. The van der Waals surface area contributed by atoms with Gasteiger partial charge in [-0.25, -0.2) is 0 Å². The summed E-state index contributed by atoms with van der Waals surface area (Å²) < 4.78 is 1.59. The molecule has 2 amide bonds. The number of benzene rings is 1. The molecular weight excluding hydrogens is 304 g/mol. The Bertz CT molecular complexity index is 739. The monoisotopic (exact) mass is 328 g/mol. The van der Waals surface area contributed by atoms with E-state index in [1.807, 2.05) is 32.0 Å². The first-order valence-electron chi connectivity index (χ1n) is 7.87. The van der Waals surface area contributed by atoms with Crippen molar-refractivity contribution >= 4 is 11.8 Å². The van der Waals surface area contributed by atoms with E-state index in [-0.39, 0.29) is 23.8 Å². The van der Waals surface area contributed by atoms with Gasteiger partial charge in [-0.05, 0) is 43.0 Å². The fraction of sp³-hybridized carbons (Fsp3) is 0.389. The molecule has 1 heterocycles. The number of hydrogen-bond acceptors (Lipinski definition) is 3. The van der Waals surface area contributed by atoms with Crippen molar-refractivity contribution in [2.45, 2.75) is 46.6 Å². The zero-order chi connectivity index (χ0) is 17.9. The molecule has 0 saturated heterocycles. The van der Waals surface area contributed by atoms with Gasteiger partial charge in [-0.1, -0.05) is 32.9 Å². The first-order valence-corrected chi connectivity index (χ1v) is 7.87. The van der Waals surface area contributed by atoms with Gasteiger partial charge >= 0.3 is 0 Å². The van der Waals surface area contributed by atoms with Gasteiger partial charge in [0.15, 0.2) is 0 Å². The summed E-state index contributed by atoms with van der Waals surface area (Å²) in [5, 5.41) is 4.21. The molecule has 0 aliphatic rings. The molecule has 1 aromatic heterocycles. The molecule has 0 fully saturated rings. The predicted octanol–water partition coefficient (Wildman–Crippen LogP) is 2.26. The van der Waals surface area contributed by atoms with Crippen LogP contribution in [0.4, 0.5) is 0 Å². The molecule has 24 heavy (non-hydrogen) atoms. The molecule has 0 aliphatic heterocycles. The average molecular weight is 328 g/mol. The van der Waals surface area contributed by atoms with E-state index in [9.17, 15) is 9.59 Å². The maximum absolute atomic E-state index is 12.1. The second kappa shape index (κ2) is 6.86. The molecule has 0 atom stereocenters. The Kier molecular flexibility index (Phi) is 5.07. The number of rotatable bonds is 3. The number of aryl methyl sites for hydroxylation is 2. The van der Waals surface area contributed by atoms with Crippen LogP contribution in [0.5, 0.6) is 0 Å². The van der Waals surface area contributed by atoms with Gasteiger partial charge in [-0.2, -0.15) is 5.10 Å². The van der Waals surface area contributed by atoms with Crippen LogP contribution >= 0.6 is 0 Å². The van der Waals surface area contributed by atoms with Crippen molar-refractivity contribution < 1.29 is 9.59 Å². The lowest BCUT2D eigenvalue weighted by Gasteiger charge is -2.19. The largest absolute Gasteiger partial charge is 0.271 e. The Balaban J connectivity index is 1.90. The molecule has 0 radical (unpaired) electrons. The van der Waals surface area contributed by atoms with Gasteiger partial charge in [-0.3, -0.25) is 25.1 Å². The van der Waals surface area contributed by atoms with Crippen molar-refractivity contribution in [2.75, 3.05) is 0 Å². The molecule has 2 N–H and O–H groups in total. The highest BCUT2D eigenvalue weighted by Gasteiger charge is 2.14. The van der Waals surface area contributed by atoms with Crippen LogP contribution in [0.25, 0.3) is 0 Å². The SMILES string of the molecule is Cc1cc(C)n(CC(=O)NNC(=O)c2ccc(C(C)(C)C)cc2)n1. The molecule has 2 aromatic rings.